The Morgan fingerprint density at radius 1 is 1.00 bits per heavy atom. The first kappa shape index (κ1) is 19.7. The molecular formula is C18H25F3N2OSi. The minimum Gasteiger partial charge on any atom is -0.414 e. The van der Waals surface area contributed by atoms with Crippen LogP contribution in [0.4, 0.5) is 13.2 Å². The van der Waals surface area contributed by atoms with E-state index >= 15 is 0 Å². The van der Waals surface area contributed by atoms with Gasteiger partial charge in [0.25, 0.3) is 0 Å². The molecule has 1 aromatic carbocycles. The van der Waals surface area contributed by atoms with Gasteiger partial charge >= 0.3 is 6.18 Å². The van der Waals surface area contributed by atoms with Gasteiger partial charge in [-0.15, -0.1) is 0 Å². The van der Waals surface area contributed by atoms with E-state index in [0.29, 0.717) is 11.3 Å². The zero-order valence-electron chi connectivity index (χ0n) is 15.5. The van der Waals surface area contributed by atoms with Gasteiger partial charge in [0.1, 0.15) is 0 Å². The second-order valence-corrected chi connectivity index (χ2v) is 10.7. The molecule has 0 spiro atoms. The lowest BCUT2D eigenvalue weighted by Crippen LogP contribution is -2.27. The van der Waals surface area contributed by atoms with Crippen molar-refractivity contribution in [3.63, 3.8) is 0 Å². The van der Waals surface area contributed by atoms with Crippen LogP contribution in [0.15, 0.2) is 30.5 Å². The molecule has 0 bridgehead atoms. The van der Waals surface area contributed by atoms with Gasteiger partial charge in [-0.3, -0.25) is 4.68 Å². The minimum atomic E-state index is -4.34. The summed E-state index contributed by atoms with van der Waals surface area (Å²) in [7, 11) is 1.00. The fourth-order valence-corrected chi connectivity index (χ4v) is 3.38. The summed E-state index contributed by atoms with van der Waals surface area (Å²) in [5.74, 6) is 0. The van der Waals surface area contributed by atoms with Gasteiger partial charge in [0.15, 0.2) is 9.76 Å². The van der Waals surface area contributed by atoms with Gasteiger partial charge in [-0.2, -0.15) is 18.3 Å². The highest BCUT2D eigenvalue weighted by atomic mass is 28.2. The Labute approximate surface area is 149 Å². The number of aryl methyl sites for hydroxylation is 1. The van der Waals surface area contributed by atoms with Crippen LogP contribution in [0.3, 0.4) is 0 Å². The smallest absolute Gasteiger partial charge is 0.414 e. The molecular weight excluding hydrogens is 345 g/mol. The van der Waals surface area contributed by atoms with Crippen molar-refractivity contribution in [1.82, 2.24) is 9.78 Å². The third-order valence-electron chi connectivity index (χ3n) is 3.83. The molecule has 0 radical (unpaired) electrons. The summed E-state index contributed by atoms with van der Waals surface area (Å²) < 4.78 is 46.2. The van der Waals surface area contributed by atoms with Crippen LogP contribution in [0.5, 0.6) is 0 Å². The lowest BCUT2D eigenvalue weighted by atomic mass is 9.95. The zero-order valence-corrected chi connectivity index (χ0v) is 16.9. The van der Waals surface area contributed by atoms with Crippen molar-refractivity contribution in [3.05, 3.63) is 41.6 Å². The number of aromatic nitrogens is 2. The largest absolute Gasteiger partial charge is 0.416 e. The summed E-state index contributed by atoms with van der Waals surface area (Å²) in [4.78, 5) is 0. The fraction of sp³-hybridized carbons (Fsp3) is 0.500. The van der Waals surface area contributed by atoms with Crippen LogP contribution in [0.25, 0.3) is 11.3 Å². The highest BCUT2D eigenvalue weighted by Crippen LogP contribution is 2.36. The van der Waals surface area contributed by atoms with Crippen LogP contribution in [0.2, 0.25) is 5.04 Å². The van der Waals surface area contributed by atoms with Crippen LogP contribution in [0, 0.1) is 0 Å². The Balaban J connectivity index is 2.37. The quantitative estimate of drug-likeness (QED) is 0.732. The van der Waals surface area contributed by atoms with E-state index in [4.69, 9.17) is 4.43 Å². The topological polar surface area (TPSA) is 27.1 Å². The molecule has 0 fully saturated rings. The SMILES string of the molecule is Cn1cc(C(C)(C)O[SiH2]C(C)(C)C)c(-c2ccc(C(F)(F)F)cc2)n1. The first-order valence-corrected chi connectivity index (χ1v) is 9.44. The zero-order chi connectivity index (χ0) is 19.0. The monoisotopic (exact) mass is 370 g/mol. The molecule has 0 atom stereocenters. The van der Waals surface area contributed by atoms with Gasteiger partial charge in [0.05, 0.1) is 16.9 Å². The number of hydrogen-bond acceptors (Lipinski definition) is 2. The van der Waals surface area contributed by atoms with Crippen molar-refractivity contribution in [2.45, 2.75) is 51.4 Å². The summed E-state index contributed by atoms with van der Waals surface area (Å²) in [5.41, 5.74) is 0.976. The number of benzene rings is 1. The molecule has 0 N–H and O–H groups in total. The predicted molar refractivity (Wildman–Crippen MR) is 96.0 cm³/mol. The molecule has 2 rings (SSSR count). The number of halogens is 3. The maximum atomic E-state index is 12.8. The van der Waals surface area contributed by atoms with E-state index in [-0.39, 0.29) is 5.04 Å². The van der Waals surface area contributed by atoms with Crippen molar-refractivity contribution in [2.24, 2.45) is 7.05 Å². The summed E-state index contributed by atoms with van der Waals surface area (Å²) >= 11 is 0. The van der Waals surface area contributed by atoms with E-state index in [1.54, 1.807) is 11.7 Å². The second kappa shape index (κ2) is 6.61. The van der Waals surface area contributed by atoms with Gasteiger partial charge < -0.3 is 4.43 Å². The van der Waals surface area contributed by atoms with Crippen LogP contribution in [-0.2, 0) is 23.3 Å². The molecule has 25 heavy (non-hydrogen) atoms. The van der Waals surface area contributed by atoms with Gasteiger partial charge in [-0.1, -0.05) is 32.9 Å². The molecule has 0 amide bonds. The van der Waals surface area contributed by atoms with Crippen LogP contribution in [-0.4, -0.2) is 19.5 Å². The normalized spacial score (nSPS) is 13.8. The van der Waals surface area contributed by atoms with Gasteiger partial charge in [-0.25, -0.2) is 0 Å². The summed E-state index contributed by atoms with van der Waals surface area (Å²) in [6, 6.07) is 5.11. The lowest BCUT2D eigenvalue weighted by Gasteiger charge is -2.30. The maximum Gasteiger partial charge on any atom is 0.416 e. The van der Waals surface area contributed by atoms with E-state index in [2.05, 4.69) is 25.9 Å². The van der Waals surface area contributed by atoms with Crippen molar-refractivity contribution < 1.29 is 17.6 Å². The standard InChI is InChI=1S/C18H25F3N2OSi/c1-16(2,3)25-24-17(4,5)14-11-23(6)22-15(14)12-7-9-13(10-8-12)18(19,20)21/h7-11H,25H2,1-6H3. The third kappa shape index (κ3) is 4.95. The van der Waals surface area contributed by atoms with Crippen LogP contribution in [0.1, 0.15) is 45.7 Å². The highest BCUT2D eigenvalue weighted by molar-refractivity contribution is 6.31. The molecule has 1 aromatic heterocycles. The summed E-state index contributed by atoms with van der Waals surface area (Å²) in [6.45, 7) is 10.4. The number of nitrogens with zero attached hydrogens (tertiary/aromatic N) is 2. The first-order valence-electron chi connectivity index (χ1n) is 8.15. The molecule has 0 saturated carbocycles. The van der Waals surface area contributed by atoms with Crippen LogP contribution < -0.4 is 0 Å². The Kier molecular flexibility index (Phi) is 5.21. The molecule has 0 unspecified atom stereocenters. The van der Waals surface area contributed by atoms with Crippen molar-refractivity contribution in [2.75, 3.05) is 0 Å². The second-order valence-electron chi connectivity index (χ2n) is 8.00. The summed E-state index contributed by atoms with van der Waals surface area (Å²) in [5, 5.41) is 4.60. The maximum absolute atomic E-state index is 12.8. The molecule has 3 nitrogen and oxygen atoms in total. The molecule has 0 aliphatic carbocycles. The fourth-order valence-electron chi connectivity index (χ4n) is 2.43. The molecule has 0 aliphatic heterocycles. The van der Waals surface area contributed by atoms with Gasteiger partial charge in [-0.05, 0) is 31.0 Å². The van der Waals surface area contributed by atoms with E-state index in [0.717, 1.165) is 17.7 Å². The first-order chi connectivity index (χ1) is 11.3. The molecule has 138 valence electrons. The number of hydrogen-bond donors (Lipinski definition) is 0. The number of rotatable bonds is 4. The average molecular weight is 370 g/mol. The van der Waals surface area contributed by atoms with E-state index in [1.165, 1.54) is 12.1 Å². The van der Waals surface area contributed by atoms with Crippen molar-refractivity contribution in [1.29, 1.82) is 0 Å². The predicted octanol–water partition coefficient (Wildman–Crippen LogP) is 4.66. The Bertz CT molecular complexity index is 728. The lowest BCUT2D eigenvalue weighted by molar-refractivity contribution is -0.137. The summed E-state index contributed by atoms with van der Waals surface area (Å²) in [6.07, 6.45) is -2.46. The molecule has 0 saturated heterocycles. The Morgan fingerprint density at radius 2 is 1.56 bits per heavy atom. The Morgan fingerprint density at radius 3 is 2.04 bits per heavy atom. The number of alkyl halides is 3. The Hall–Kier alpha value is -1.60. The highest BCUT2D eigenvalue weighted by Gasteiger charge is 2.32. The van der Waals surface area contributed by atoms with Crippen molar-refractivity contribution in [3.8, 4) is 11.3 Å². The minimum absolute atomic E-state index is 0.147. The molecule has 1 heterocycles. The van der Waals surface area contributed by atoms with Gasteiger partial charge in [0, 0.05) is 24.4 Å². The molecule has 0 aliphatic rings. The molecule has 2 aromatic rings. The van der Waals surface area contributed by atoms with Gasteiger partial charge in [0.2, 0.25) is 0 Å². The van der Waals surface area contributed by atoms with E-state index in [1.807, 2.05) is 20.0 Å². The third-order valence-corrected chi connectivity index (χ3v) is 5.56. The van der Waals surface area contributed by atoms with Crippen LogP contribution >= 0.6 is 0 Å². The molecule has 7 heteroatoms. The van der Waals surface area contributed by atoms with E-state index in [9.17, 15) is 13.2 Å². The van der Waals surface area contributed by atoms with E-state index < -0.39 is 27.1 Å². The average Bonchev–Trinajstić information content (AvgIpc) is 2.87. The van der Waals surface area contributed by atoms with Crippen molar-refractivity contribution >= 4 is 9.76 Å².